The number of likely N-dealkylation sites (tertiary alicyclic amines) is 1. The third kappa shape index (κ3) is 4.08. The van der Waals surface area contributed by atoms with Gasteiger partial charge in [-0.2, -0.15) is 0 Å². The molecule has 166 valence electrons. The summed E-state index contributed by atoms with van der Waals surface area (Å²) in [6.07, 6.45) is 4.11. The van der Waals surface area contributed by atoms with Gasteiger partial charge >= 0.3 is 5.69 Å². The number of fused-ring (bicyclic) bond motifs is 1. The summed E-state index contributed by atoms with van der Waals surface area (Å²) in [5.74, 6) is 0.408. The molecule has 1 N–H and O–H groups in total. The highest BCUT2D eigenvalue weighted by Crippen LogP contribution is 2.30. The number of hydrogen-bond acceptors (Lipinski definition) is 6. The van der Waals surface area contributed by atoms with Gasteiger partial charge in [0.15, 0.2) is 5.13 Å². The van der Waals surface area contributed by atoms with E-state index in [1.54, 1.807) is 20.5 Å². The first kappa shape index (κ1) is 20.9. The van der Waals surface area contributed by atoms with Crippen LogP contribution in [0.15, 0.2) is 46.7 Å². The lowest BCUT2D eigenvalue weighted by atomic mass is 9.93. The van der Waals surface area contributed by atoms with E-state index in [2.05, 4.69) is 52.5 Å². The summed E-state index contributed by atoms with van der Waals surface area (Å²) in [6, 6.07) is 10.6. The second-order valence-corrected chi connectivity index (χ2v) is 9.58. The molecule has 3 aromatic heterocycles. The first-order valence-electron chi connectivity index (χ1n) is 11.0. The maximum atomic E-state index is 12.2. The molecule has 0 radical (unpaired) electrons. The summed E-state index contributed by atoms with van der Waals surface area (Å²) in [7, 11) is 3.66. The van der Waals surface area contributed by atoms with Crippen LogP contribution in [0.2, 0.25) is 0 Å². The van der Waals surface area contributed by atoms with Crippen molar-refractivity contribution < 1.29 is 0 Å². The average Bonchev–Trinajstić information content (AvgIpc) is 3.37. The van der Waals surface area contributed by atoms with Crippen molar-refractivity contribution in [3.8, 4) is 0 Å². The van der Waals surface area contributed by atoms with Gasteiger partial charge in [-0.1, -0.05) is 6.07 Å². The molecule has 1 aliphatic heterocycles. The van der Waals surface area contributed by atoms with Crippen molar-refractivity contribution >= 4 is 33.2 Å². The number of piperidine rings is 1. The van der Waals surface area contributed by atoms with Gasteiger partial charge in [-0.25, -0.2) is 9.78 Å². The molecule has 1 aliphatic rings. The molecule has 32 heavy (non-hydrogen) atoms. The lowest BCUT2D eigenvalue weighted by molar-refractivity contribution is 0.198. The fraction of sp³-hybridized carbons (Fsp3) is 0.375. The number of anilines is 2. The number of aromatic nitrogens is 4. The molecule has 5 rings (SSSR count). The summed E-state index contributed by atoms with van der Waals surface area (Å²) in [5, 5.41) is 6.28. The van der Waals surface area contributed by atoms with Crippen LogP contribution in [0, 0.1) is 6.92 Å². The lowest BCUT2D eigenvalue weighted by Crippen LogP contribution is -2.34. The van der Waals surface area contributed by atoms with Crippen molar-refractivity contribution in [3.63, 3.8) is 0 Å². The van der Waals surface area contributed by atoms with Crippen LogP contribution in [0.5, 0.6) is 0 Å². The number of hydrogen-bond donors (Lipinski definition) is 1. The molecule has 0 unspecified atom stereocenters. The Labute approximate surface area is 191 Å². The highest BCUT2D eigenvalue weighted by molar-refractivity contribution is 7.13. The van der Waals surface area contributed by atoms with Crippen LogP contribution in [0.3, 0.4) is 0 Å². The maximum Gasteiger partial charge on any atom is 0.328 e. The van der Waals surface area contributed by atoms with Crippen LogP contribution in [-0.4, -0.2) is 37.1 Å². The van der Waals surface area contributed by atoms with Crippen molar-refractivity contribution in [2.24, 2.45) is 14.1 Å². The van der Waals surface area contributed by atoms with Gasteiger partial charge in [0.2, 0.25) is 0 Å². The van der Waals surface area contributed by atoms with Gasteiger partial charge in [0.25, 0.3) is 0 Å². The highest BCUT2D eigenvalue weighted by Gasteiger charge is 2.23. The lowest BCUT2D eigenvalue weighted by Gasteiger charge is -2.32. The molecule has 7 nitrogen and oxygen atoms in total. The van der Waals surface area contributed by atoms with Gasteiger partial charge in [-0.15, -0.1) is 11.3 Å². The van der Waals surface area contributed by atoms with E-state index in [1.165, 1.54) is 5.56 Å². The Morgan fingerprint density at radius 2 is 2.00 bits per heavy atom. The number of thiazole rings is 1. The minimum Gasteiger partial charge on any atom is -0.331 e. The van der Waals surface area contributed by atoms with Crippen LogP contribution >= 0.6 is 11.3 Å². The number of rotatable bonds is 5. The first-order chi connectivity index (χ1) is 15.5. The maximum absolute atomic E-state index is 12.2. The van der Waals surface area contributed by atoms with E-state index >= 15 is 0 Å². The normalized spacial score (nSPS) is 17.2. The van der Waals surface area contributed by atoms with Crippen LogP contribution in [-0.2, 0) is 20.6 Å². The molecule has 1 atom stereocenters. The van der Waals surface area contributed by atoms with Crippen molar-refractivity contribution in [3.05, 3.63) is 69.3 Å². The van der Waals surface area contributed by atoms with E-state index in [1.807, 2.05) is 25.7 Å². The second kappa shape index (κ2) is 8.52. The molecule has 1 saturated heterocycles. The van der Waals surface area contributed by atoms with Crippen LogP contribution in [0.25, 0.3) is 11.0 Å². The zero-order chi connectivity index (χ0) is 22.2. The Kier molecular flexibility index (Phi) is 5.57. The van der Waals surface area contributed by atoms with Gasteiger partial charge < -0.3 is 5.32 Å². The molecule has 0 bridgehead atoms. The van der Waals surface area contributed by atoms with E-state index < -0.39 is 0 Å². The van der Waals surface area contributed by atoms with Gasteiger partial charge in [-0.3, -0.25) is 19.0 Å². The molecule has 0 amide bonds. The SMILES string of the molecule is Cc1cc(Nc2nccs2)cc([C@H]2CCCN(Cc3ccc4c(c3)n(C)c(=O)n4C)C2)n1. The Hall–Kier alpha value is -2.97. The van der Waals surface area contributed by atoms with Gasteiger partial charge in [0, 0.05) is 61.8 Å². The number of nitrogens with one attached hydrogen (secondary N) is 1. The van der Waals surface area contributed by atoms with E-state index in [-0.39, 0.29) is 5.69 Å². The zero-order valence-electron chi connectivity index (χ0n) is 18.7. The second-order valence-electron chi connectivity index (χ2n) is 8.68. The first-order valence-corrected chi connectivity index (χ1v) is 11.9. The molecule has 4 aromatic rings. The quantitative estimate of drug-likeness (QED) is 0.497. The fourth-order valence-corrected chi connectivity index (χ4v) is 5.28. The molecular formula is C24H28N6OS. The third-order valence-electron chi connectivity index (χ3n) is 6.32. The minimum atomic E-state index is 0.0165. The number of benzene rings is 1. The number of imidazole rings is 1. The summed E-state index contributed by atoms with van der Waals surface area (Å²) in [5.41, 5.74) is 6.44. The summed E-state index contributed by atoms with van der Waals surface area (Å²) in [6.45, 7) is 5.00. The molecule has 0 saturated carbocycles. The fourth-order valence-electron chi connectivity index (χ4n) is 4.73. The van der Waals surface area contributed by atoms with Crippen LogP contribution in [0.1, 0.15) is 35.7 Å². The topological polar surface area (TPSA) is 68.0 Å². The predicted octanol–water partition coefficient (Wildman–Crippen LogP) is 4.16. The Morgan fingerprint density at radius 3 is 2.81 bits per heavy atom. The van der Waals surface area contributed by atoms with E-state index in [9.17, 15) is 4.79 Å². The van der Waals surface area contributed by atoms with E-state index in [4.69, 9.17) is 4.98 Å². The van der Waals surface area contributed by atoms with Gasteiger partial charge in [0.1, 0.15) is 0 Å². The van der Waals surface area contributed by atoms with Crippen molar-refractivity contribution in [1.82, 2.24) is 24.0 Å². The minimum absolute atomic E-state index is 0.0165. The van der Waals surface area contributed by atoms with Gasteiger partial charge in [-0.05, 0) is 56.1 Å². The monoisotopic (exact) mass is 448 g/mol. The smallest absolute Gasteiger partial charge is 0.328 e. The molecule has 0 aliphatic carbocycles. The number of nitrogens with zero attached hydrogens (tertiary/aromatic N) is 5. The van der Waals surface area contributed by atoms with Crippen molar-refractivity contribution in [2.45, 2.75) is 32.2 Å². The van der Waals surface area contributed by atoms with Crippen LogP contribution < -0.4 is 11.0 Å². The molecule has 1 aromatic carbocycles. The summed E-state index contributed by atoms with van der Waals surface area (Å²) in [4.78, 5) is 24.0. The molecule has 1 fully saturated rings. The molecular weight excluding hydrogens is 420 g/mol. The largest absolute Gasteiger partial charge is 0.331 e. The number of aryl methyl sites for hydroxylation is 3. The van der Waals surface area contributed by atoms with Crippen molar-refractivity contribution in [1.29, 1.82) is 0 Å². The van der Waals surface area contributed by atoms with E-state index in [0.717, 1.165) is 65.7 Å². The number of pyridine rings is 1. The summed E-state index contributed by atoms with van der Waals surface area (Å²) < 4.78 is 3.43. The van der Waals surface area contributed by atoms with Crippen LogP contribution in [0.4, 0.5) is 10.8 Å². The van der Waals surface area contributed by atoms with Gasteiger partial charge in [0.05, 0.1) is 11.0 Å². The average molecular weight is 449 g/mol. The summed E-state index contributed by atoms with van der Waals surface area (Å²) >= 11 is 1.60. The van der Waals surface area contributed by atoms with E-state index in [0.29, 0.717) is 5.92 Å². The predicted molar refractivity (Wildman–Crippen MR) is 130 cm³/mol. The van der Waals surface area contributed by atoms with Crippen molar-refractivity contribution in [2.75, 3.05) is 18.4 Å². The molecule has 8 heteroatoms. The Morgan fingerprint density at radius 1 is 1.16 bits per heavy atom. The Bertz CT molecular complexity index is 1310. The standard InChI is InChI=1S/C24H28N6OS/c1-16-11-19(27-23-25-8-10-32-23)13-20(26-16)18-5-4-9-30(15-18)14-17-6-7-21-22(12-17)29(3)24(31)28(21)2/h6-8,10-13,18H,4-5,9,14-15H2,1-3H3,(H,25,26,27)/t18-/m0/s1. The zero-order valence-corrected chi connectivity index (χ0v) is 19.5. The highest BCUT2D eigenvalue weighted by atomic mass is 32.1. The molecule has 0 spiro atoms. The Balaban J connectivity index is 1.34. The third-order valence-corrected chi connectivity index (χ3v) is 7.01. The molecule has 4 heterocycles.